The van der Waals surface area contributed by atoms with Crippen molar-refractivity contribution in [1.29, 1.82) is 0 Å². The molecule has 0 atom stereocenters. The van der Waals surface area contributed by atoms with Gasteiger partial charge in [-0.05, 0) is 19.1 Å². The van der Waals surface area contributed by atoms with E-state index in [4.69, 9.17) is 5.73 Å². The molecule has 0 amide bonds. The van der Waals surface area contributed by atoms with Crippen LogP contribution in [0.4, 0.5) is 5.69 Å². The summed E-state index contributed by atoms with van der Waals surface area (Å²) < 4.78 is 1.61. The van der Waals surface area contributed by atoms with Gasteiger partial charge in [-0.2, -0.15) is 5.10 Å². The second-order valence-electron chi connectivity index (χ2n) is 5.19. The SMILES string of the molecule is Cc1nn(-c2ccccc2)c2nc3c(=O)[nH][nH]c(=O)c3c(N)c12. The predicted octanol–water partition coefficient (Wildman–Crippen LogP) is 0.841. The molecule has 4 rings (SSSR count). The number of aromatic amines is 2. The lowest BCUT2D eigenvalue weighted by molar-refractivity contribution is 0.878. The highest BCUT2D eigenvalue weighted by Crippen LogP contribution is 2.28. The number of aromatic nitrogens is 5. The second-order valence-corrected chi connectivity index (χ2v) is 5.19. The van der Waals surface area contributed by atoms with E-state index in [1.54, 1.807) is 11.6 Å². The van der Waals surface area contributed by atoms with Crippen LogP contribution in [0.3, 0.4) is 0 Å². The van der Waals surface area contributed by atoms with Crippen molar-refractivity contribution in [1.82, 2.24) is 25.0 Å². The van der Waals surface area contributed by atoms with Crippen LogP contribution in [0.15, 0.2) is 39.9 Å². The Morgan fingerprint density at radius 2 is 1.74 bits per heavy atom. The molecule has 0 fully saturated rings. The zero-order valence-corrected chi connectivity index (χ0v) is 12.1. The molecule has 114 valence electrons. The Bertz CT molecular complexity index is 1170. The van der Waals surface area contributed by atoms with Gasteiger partial charge in [0, 0.05) is 0 Å². The van der Waals surface area contributed by atoms with Gasteiger partial charge in [0.25, 0.3) is 11.1 Å². The average Bonchev–Trinajstić information content (AvgIpc) is 2.89. The molecule has 0 aliphatic rings. The van der Waals surface area contributed by atoms with Gasteiger partial charge in [0.05, 0.1) is 27.8 Å². The Kier molecular flexibility index (Phi) is 2.61. The second kappa shape index (κ2) is 4.54. The summed E-state index contributed by atoms with van der Waals surface area (Å²) in [7, 11) is 0. The van der Waals surface area contributed by atoms with Gasteiger partial charge in [-0.3, -0.25) is 19.8 Å². The molecule has 4 aromatic rings. The highest BCUT2D eigenvalue weighted by atomic mass is 16.1. The van der Waals surface area contributed by atoms with E-state index >= 15 is 0 Å². The Hall–Kier alpha value is -3.42. The topological polar surface area (TPSA) is 122 Å². The van der Waals surface area contributed by atoms with Crippen LogP contribution >= 0.6 is 0 Å². The fourth-order valence-electron chi connectivity index (χ4n) is 2.73. The van der Waals surface area contributed by atoms with Crippen molar-refractivity contribution in [2.75, 3.05) is 5.73 Å². The molecule has 0 spiro atoms. The molecule has 4 N–H and O–H groups in total. The van der Waals surface area contributed by atoms with Crippen molar-refractivity contribution in [3.05, 3.63) is 56.7 Å². The van der Waals surface area contributed by atoms with E-state index in [9.17, 15) is 9.59 Å². The number of nitrogen functional groups attached to an aromatic ring is 1. The van der Waals surface area contributed by atoms with Gasteiger partial charge < -0.3 is 5.73 Å². The molecule has 1 aromatic carbocycles. The van der Waals surface area contributed by atoms with E-state index in [0.717, 1.165) is 5.69 Å². The molecule has 0 aliphatic carbocycles. The minimum Gasteiger partial charge on any atom is -0.397 e. The Morgan fingerprint density at radius 3 is 2.48 bits per heavy atom. The van der Waals surface area contributed by atoms with E-state index in [-0.39, 0.29) is 16.6 Å². The van der Waals surface area contributed by atoms with Gasteiger partial charge in [-0.1, -0.05) is 18.2 Å². The zero-order chi connectivity index (χ0) is 16.1. The van der Waals surface area contributed by atoms with Crippen LogP contribution in [0, 0.1) is 6.92 Å². The molecule has 3 heterocycles. The molecule has 3 aromatic heterocycles. The maximum atomic E-state index is 12.0. The first-order valence-electron chi connectivity index (χ1n) is 6.93. The third-order valence-corrected chi connectivity index (χ3v) is 3.76. The summed E-state index contributed by atoms with van der Waals surface area (Å²) in [6, 6.07) is 9.38. The molecular formula is C15H12N6O2. The van der Waals surface area contributed by atoms with Crippen molar-refractivity contribution >= 4 is 27.6 Å². The van der Waals surface area contributed by atoms with Crippen LogP contribution in [-0.4, -0.2) is 25.0 Å². The van der Waals surface area contributed by atoms with Crippen LogP contribution in [0.2, 0.25) is 0 Å². The van der Waals surface area contributed by atoms with E-state index in [1.807, 2.05) is 30.3 Å². The molecule has 0 saturated carbocycles. The lowest BCUT2D eigenvalue weighted by Crippen LogP contribution is -2.21. The number of nitrogens with one attached hydrogen (secondary N) is 2. The fourth-order valence-corrected chi connectivity index (χ4v) is 2.73. The van der Waals surface area contributed by atoms with Gasteiger partial charge in [-0.15, -0.1) is 0 Å². The normalized spacial score (nSPS) is 11.3. The number of benzene rings is 1. The number of rotatable bonds is 1. The van der Waals surface area contributed by atoms with Crippen LogP contribution < -0.4 is 16.9 Å². The lowest BCUT2D eigenvalue weighted by atomic mass is 10.1. The molecule has 0 unspecified atom stereocenters. The molecule has 0 aliphatic heterocycles. The summed E-state index contributed by atoms with van der Waals surface area (Å²) in [5, 5.41) is 9.63. The molecule has 23 heavy (non-hydrogen) atoms. The number of nitrogens with two attached hydrogens (primary N) is 1. The van der Waals surface area contributed by atoms with Crippen molar-refractivity contribution in [2.24, 2.45) is 0 Å². The molecule has 0 saturated heterocycles. The number of nitrogens with zero attached hydrogens (tertiary/aromatic N) is 3. The fraction of sp³-hybridized carbons (Fsp3) is 0.0667. The van der Waals surface area contributed by atoms with Crippen molar-refractivity contribution < 1.29 is 0 Å². The molecule has 0 bridgehead atoms. The summed E-state index contributed by atoms with van der Waals surface area (Å²) in [4.78, 5) is 28.4. The molecular weight excluding hydrogens is 296 g/mol. The largest absolute Gasteiger partial charge is 0.397 e. The van der Waals surface area contributed by atoms with E-state index in [0.29, 0.717) is 16.7 Å². The number of H-pyrrole nitrogens is 2. The lowest BCUT2D eigenvalue weighted by Gasteiger charge is -2.05. The summed E-state index contributed by atoms with van der Waals surface area (Å²) in [6.45, 7) is 1.78. The summed E-state index contributed by atoms with van der Waals surface area (Å²) in [5.41, 5.74) is 7.22. The Labute approximate surface area is 128 Å². The van der Waals surface area contributed by atoms with E-state index < -0.39 is 11.1 Å². The average molecular weight is 308 g/mol. The Morgan fingerprint density at radius 1 is 1.04 bits per heavy atom. The van der Waals surface area contributed by atoms with Crippen LogP contribution in [0.5, 0.6) is 0 Å². The summed E-state index contributed by atoms with van der Waals surface area (Å²) in [6.07, 6.45) is 0. The van der Waals surface area contributed by atoms with Crippen LogP contribution in [-0.2, 0) is 0 Å². The van der Waals surface area contributed by atoms with Crippen molar-refractivity contribution in [2.45, 2.75) is 6.92 Å². The van der Waals surface area contributed by atoms with E-state index in [1.165, 1.54) is 0 Å². The van der Waals surface area contributed by atoms with Crippen LogP contribution in [0.25, 0.3) is 27.6 Å². The number of anilines is 1. The number of pyridine rings is 1. The first kappa shape index (κ1) is 13.3. The predicted molar refractivity (Wildman–Crippen MR) is 86.8 cm³/mol. The molecule has 8 nitrogen and oxygen atoms in total. The third-order valence-electron chi connectivity index (χ3n) is 3.76. The highest BCUT2D eigenvalue weighted by molar-refractivity contribution is 6.06. The standard InChI is InChI=1S/C15H12N6O2/c1-7-9-11(16)10-12(15(23)19-18-14(10)22)17-13(9)21(20-7)8-5-3-2-4-6-8/h2-6H,1H3,(H2,16,17)(H,18,22)(H,19,23). The molecule has 8 heteroatoms. The maximum absolute atomic E-state index is 12.0. The number of para-hydroxylation sites is 1. The third kappa shape index (κ3) is 1.78. The summed E-state index contributed by atoms with van der Waals surface area (Å²) in [5.74, 6) is 0. The minimum atomic E-state index is -0.508. The Balaban J connectivity index is 2.25. The number of hydrogen-bond acceptors (Lipinski definition) is 5. The van der Waals surface area contributed by atoms with Crippen molar-refractivity contribution in [3.63, 3.8) is 0 Å². The van der Waals surface area contributed by atoms with Crippen LogP contribution in [0.1, 0.15) is 5.69 Å². The van der Waals surface area contributed by atoms with Gasteiger partial charge in [0.1, 0.15) is 5.52 Å². The monoisotopic (exact) mass is 308 g/mol. The number of aryl methyl sites for hydroxylation is 1. The quantitative estimate of drug-likeness (QED) is 0.481. The zero-order valence-electron chi connectivity index (χ0n) is 12.1. The first-order chi connectivity index (χ1) is 11.1. The number of hydrogen-bond donors (Lipinski definition) is 3. The number of fused-ring (bicyclic) bond motifs is 2. The first-order valence-corrected chi connectivity index (χ1v) is 6.93. The van der Waals surface area contributed by atoms with Gasteiger partial charge in [0.2, 0.25) is 0 Å². The summed E-state index contributed by atoms with van der Waals surface area (Å²) >= 11 is 0. The minimum absolute atomic E-state index is 0.00386. The van der Waals surface area contributed by atoms with E-state index in [2.05, 4.69) is 20.3 Å². The highest BCUT2D eigenvalue weighted by Gasteiger charge is 2.19. The van der Waals surface area contributed by atoms with Gasteiger partial charge >= 0.3 is 0 Å². The maximum Gasteiger partial charge on any atom is 0.289 e. The smallest absolute Gasteiger partial charge is 0.289 e. The van der Waals surface area contributed by atoms with Crippen molar-refractivity contribution in [3.8, 4) is 5.69 Å². The van der Waals surface area contributed by atoms with Gasteiger partial charge in [0.15, 0.2) is 5.65 Å². The van der Waals surface area contributed by atoms with Gasteiger partial charge in [-0.25, -0.2) is 9.67 Å². The molecule has 0 radical (unpaired) electrons.